The number of hydrogen-bond donors (Lipinski definition) is 1. The fourth-order valence-electron chi connectivity index (χ4n) is 4.23. The van der Waals surface area contributed by atoms with Crippen molar-refractivity contribution in [1.82, 2.24) is 14.9 Å². The van der Waals surface area contributed by atoms with E-state index in [1.807, 2.05) is 0 Å². The third-order valence-electron chi connectivity index (χ3n) is 6.00. The van der Waals surface area contributed by atoms with Gasteiger partial charge in [0.05, 0.1) is 10.9 Å². The van der Waals surface area contributed by atoms with Gasteiger partial charge in [0.15, 0.2) is 5.78 Å². The molecule has 2 heterocycles. The molecule has 10 heteroatoms. The zero-order valence-electron chi connectivity index (χ0n) is 19.4. The Kier molecular flexibility index (Phi) is 6.78. The molecule has 0 aliphatic carbocycles. The second kappa shape index (κ2) is 9.80. The SMILES string of the molecule is C=CC(F)(F)Oc1ccc(C(=O)CCc2cccc3nc(C)n(C4CCC(=O)NC4=O)c(=O)c23)cc1. The topological polar surface area (TPSA) is 107 Å². The highest BCUT2D eigenvalue weighted by atomic mass is 19.3. The number of aryl methyl sites for hydroxylation is 2. The van der Waals surface area contributed by atoms with Gasteiger partial charge in [-0.05, 0) is 55.7 Å². The second-order valence-corrected chi connectivity index (χ2v) is 8.43. The standard InChI is InChI=1S/C26H23F2N3O5/c1-3-26(27,28)36-18-10-7-16(8-11-18)21(32)13-9-17-5-4-6-19-23(17)25(35)31(15(2)29-19)20-12-14-22(33)30-24(20)34/h3-8,10-11,20H,1,9,12-14H2,2H3,(H,30,33,34). The first-order valence-electron chi connectivity index (χ1n) is 11.3. The molecular weight excluding hydrogens is 472 g/mol. The molecule has 1 atom stereocenters. The maximum absolute atomic E-state index is 13.5. The first kappa shape index (κ1) is 24.9. The van der Waals surface area contributed by atoms with Crippen LogP contribution in [0.15, 0.2) is 59.9 Å². The van der Waals surface area contributed by atoms with E-state index >= 15 is 0 Å². The van der Waals surface area contributed by atoms with E-state index in [0.29, 0.717) is 33.9 Å². The van der Waals surface area contributed by atoms with Crippen molar-refractivity contribution in [2.45, 2.75) is 44.8 Å². The summed E-state index contributed by atoms with van der Waals surface area (Å²) in [6.07, 6.45) is -2.57. The summed E-state index contributed by atoms with van der Waals surface area (Å²) in [4.78, 5) is 54.6. The van der Waals surface area contributed by atoms with E-state index < -0.39 is 23.6 Å². The van der Waals surface area contributed by atoms with Gasteiger partial charge in [0.25, 0.3) is 5.56 Å². The summed E-state index contributed by atoms with van der Waals surface area (Å²) in [5.41, 5.74) is 0.916. The predicted molar refractivity (Wildman–Crippen MR) is 127 cm³/mol. The molecular formula is C26H23F2N3O5. The minimum Gasteiger partial charge on any atom is -0.429 e. The maximum Gasteiger partial charge on any atom is 0.419 e. The van der Waals surface area contributed by atoms with Crippen LogP contribution in [0.5, 0.6) is 5.75 Å². The number of fused-ring (bicyclic) bond motifs is 1. The van der Waals surface area contributed by atoms with E-state index in [0.717, 1.165) is 0 Å². The Labute approximate surface area is 204 Å². The average Bonchev–Trinajstić information content (AvgIpc) is 2.83. The highest BCUT2D eigenvalue weighted by molar-refractivity contribution is 5.99. The molecule has 1 aromatic heterocycles. The molecule has 1 fully saturated rings. The number of carbonyl (C=O) groups excluding carboxylic acids is 3. The van der Waals surface area contributed by atoms with Crippen molar-refractivity contribution in [3.63, 3.8) is 0 Å². The molecule has 8 nitrogen and oxygen atoms in total. The van der Waals surface area contributed by atoms with E-state index in [1.165, 1.54) is 28.8 Å². The van der Waals surface area contributed by atoms with Crippen LogP contribution in [0.4, 0.5) is 8.78 Å². The fourth-order valence-corrected chi connectivity index (χ4v) is 4.23. The van der Waals surface area contributed by atoms with Crippen molar-refractivity contribution in [3.05, 3.63) is 82.4 Å². The third kappa shape index (κ3) is 5.07. The van der Waals surface area contributed by atoms with Gasteiger partial charge in [-0.1, -0.05) is 18.7 Å². The summed E-state index contributed by atoms with van der Waals surface area (Å²) >= 11 is 0. The van der Waals surface area contributed by atoms with Crippen LogP contribution in [-0.2, 0) is 16.0 Å². The molecule has 4 rings (SSSR count). The summed E-state index contributed by atoms with van der Waals surface area (Å²) in [6.45, 7) is 4.63. The first-order chi connectivity index (χ1) is 17.1. The Bertz CT molecular complexity index is 1430. The number of Topliss-reactive ketones (excluding diaryl/α,β-unsaturated/α-hetero) is 1. The van der Waals surface area contributed by atoms with Crippen LogP contribution in [0.25, 0.3) is 10.9 Å². The monoisotopic (exact) mass is 495 g/mol. The summed E-state index contributed by atoms with van der Waals surface area (Å²) in [5.74, 6) is -0.951. The Hall–Kier alpha value is -4.21. The number of benzene rings is 2. The van der Waals surface area contributed by atoms with Crippen molar-refractivity contribution in [3.8, 4) is 5.75 Å². The number of nitrogens with one attached hydrogen (secondary N) is 1. The molecule has 3 aromatic rings. The second-order valence-electron chi connectivity index (χ2n) is 8.43. The maximum atomic E-state index is 13.5. The van der Waals surface area contributed by atoms with Gasteiger partial charge in [0.1, 0.15) is 17.6 Å². The summed E-state index contributed by atoms with van der Waals surface area (Å²) < 4.78 is 32.4. The molecule has 1 saturated heterocycles. The van der Waals surface area contributed by atoms with Crippen molar-refractivity contribution >= 4 is 28.5 Å². The molecule has 1 unspecified atom stereocenters. The lowest BCUT2D eigenvalue weighted by atomic mass is 9.99. The van der Waals surface area contributed by atoms with Crippen LogP contribution in [0.1, 0.15) is 47.1 Å². The Morgan fingerprint density at radius 3 is 2.61 bits per heavy atom. The number of piperidine rings is 1. The lowest BCUT2D eigenvalue weighted by molar-refractivity contribution is -0.136. The summed E-state index contributed by atoms with van der Waals surface area (Å²) in [5, 5.41) is 2.56. The third-order valence-corrected chi connectivity index (χ3v) is 6.00. The van der Waals surface area contributed by atoms with E-state index in [4.69, 9.17) is 0 Å². The molecule has 186 valence electrons. The summed E-state index contributed by atoms with van der Waals surface area (Å²) in [7, 11) is 0. The van der Waals surface area contributed by atoms with Gasteiger partial charge in [-0.15, -0.1) is 0 Å². The van der Waals surface area contributed by atoms with Gasteiger partial charge in [-0.25, -0.2) is 4.98 Å². The molecule has 1 N–H and O–H groups in total. The quantitative estimate of drug-likeness (QED) is 0.290. The van der Waals surface area contributed by atoms with Crippen LogP contribution in [0.2, 0.25) is 0 Å². The molecule has 2 aromatic carbocycles. The van der Waals surface area contributed by atoms with Crippen LogP contribution >= 0.6 is 0 Å². The number of carbonyl (C=O) groups is 3. The largest absolute Gasteiger partial charge is 0.429 e. The normalized spacial score (nSPS) is 16.0. The average molecular weight is 495 g/mol. The fraction of sp³-hybridized carbons (Fsp3) is 0.269. The van der Waals surface area contributed by atoms with E-state index in [-0.39, 0.29) is 43.1 Å². The number of rotatable bonds is 8. The van der Waals surface area contributed by atoms with Gasteiger partial charge >= 0.3 is 6.11 Å². The highest BCUT2D eigenvalue weighted by Gasteiger charge is 2.31. The minimum absolute atomic E-state index is 0.0495. The van der Waals surface area contributed by atoms with Crippen LogP contribution < -0.4 is 15.6 Å². The zero-order chi connectivity index (χ0) is 26.0. The Morgan fingerprint density at radius 1 is 1.22 bits per heavy atom. The minimum atomic E-state index is -3.52. The van der Waals surface area contributed by atoms with Crippen LogP contribution in [0.3, 0.4) is 0 Å². The number of alkyl halides is 2. The lowest BCUT2D eigenvalue weighted by Crippen LogP contribution is -2.45. The number of imide groups is 1. The highest BCUT2D eigenvalue weighted by Crippen LogP contribution is 2.24. The smallest absolute Gasteiger partial charge is 0.419 e. The molecule has 2 amide bonds. The molecule has 36 heavy (non-hydrogen) atoms. The van der Waals surface area contributed by atoms with Gasteiger partial charge in [-0.3, -0.25) is 29.1 Å². The van der Waals surface area contributed by atoms with Crippen molar-refractivity contribution in [1.29, 1.82) is 0 Å². The molecule has 0 spiro atoms. The van der Waals surface area contributed by atoms with Crippen molar-refractivity contribution in [2.75, 3.05) is 0 Å². The first-order valence-corrected chi connectivity index (χ1v) is 11.3. The van der Waals surface area contributed by atoms with E-state index in [1.54, 1.807) is 25.1 Å². The number of ether oxygens (including phenoxy) is 1. The number of ketones is 1. The Morgan fingerprint density at radius 2 is 1.94 bits per heavy atom. The molecule has 0 bridgehead atoms. The van der Waals surface area contributed by atoms with Crippen LogP contribution in [0, 0.1) is 6.92 Å². The number of amides is 2. The number of halogens is 2. The van der Waals surface area contributed by atoms with Crippen molar-refractivity contribution < 1.29 is 27.9 Å². The zero-order valence-corrected chi connectivity index (χ0v) is 19.4. The van der Waals surface area contributed by atoms with Crippen molar-refractivity contribution in [2.24, 2.45) is 0 Å². The predicted octanol–water partition coefficient (Wildman–Crippen LogP) is 3.66. The van der Waals surface area contributed by atoms with Gasteiger partial charge in [0, 0.05) is 24.5 Å². The van der Waals surface area contributed by atoms with Gasteiger partial charge in [0.2, 0.25) is 11.8 Å². The lowest BCUT2D eigenvalue weighted by Gasteiger charge is -2.24. The van der Waals surface area contributed by atoms with Crippen LogP contribution in [-0.4, -0.2) is 33.3 Å². The van der Waals surface area contributed by atoms with E-state index in [2.05, 4.69) is 21.6 Å². The molecule has 1 aliphatic heterocycles. The molecule has 0 radical (unpaired) electrons. The molecule has 1 aliphatic rings. The number of aromatic nitrogens is 2. The van der Waals surface area contributed by atoms with Gasteiger partial charge in [-0.2, -0.15) is 8.78 Å². The summed E-state index contributed by atoms with van der Waals surface area (Å²) in [6, 6.07) is 9.61. The van der Waals surface area contributed by atoms with E-state index in [9.17, 15) is 28.0 Å². The number of hydrogen-bond acceptors (Lipinski definition) is 6. The molecule has 0 saturated carbocycles. The van der Waals surface area contributed by atoms with Gasteiger partial charge < -0.3 is 4.74 Å². The number of nitrogens with zero attached hydrogens (tertiary/aromatic N) is 2. The Balaban J connectivity index is 1.58.